The van der Waals surface area contributed by atoms with Gasteiger partial charge in [0.2, 0.25) is 0 Å². The second-order valence-corrected chi connectivity index (χ2v) is 6.38. The number of amides is 1. The Labute approximate surface area is 167 Å². The van der Waals surface area contributed by atoms with Gasteiger partial charge in [-0.1, -0.05) is 0 Å². The maximum atomic E-state index is 14.1. The lowest BCUT2D eigenvalue weighted by atomic mass is 10.1. The maximum absolute atomic E-state index is 14.1. The summed E-state index contributed by atoms with van der Waals surface area (Å²) in [5, 5.41) is 0. The number of hydrogen-bond donors (Lipinski definition) is 1. The highest BCUT2D eigenvalue weighted by atomic mass is 79.9. The summed E-state index contributed by atoms with van der Waals surface area (Å²) in [5.41, 5.74) is 5.57. The van der Waals surface area contributed by atoms with Crippen molar-refractivity contribution >= 4 is 21.8 Å². The summed E-state index contributed by atoms with van der Waals surface area (Å²) in [4.78, 5) is 15.5. The SMILES string of the molecule is COc1ccc(-c2nc(CCOc3ccc(F)c(C(N)=O)c3F)oc2Br)cc1. The fourth-order valence-electron chi connectivity index (χ4n) is 2.50. The molecule has 28 heavy (non-hydrogen) atoms. The predicted molar refractivity (Wildman–Crippen MR) is 100 cm³/mol. The molecule has 2 N–H and O–H groups in total. The van der Waals surface area contributed by atoms with Crippen molar-refractivity contribution in [3.63, 3.8) is 0 Å². The van der Waals surface area contributed by atoms with Gasteiger partial charge in [0.25, 0.3) is 5.91 Å². The number of hydrogen-bond acceptors (Lipinski definition) is 5. The summed E-state index contributed by atoms with van der Waals surface area (Å²) >= 11 is 3.32. The van der Waals surface area contributed by atoms with Crippen LogP contribution in [0.15, 0.2) is 45.5 Å². The molecule has 1 amide bonds. The molecule has 0 unspecified atom stereocenters. The minimum Gasteiger partial charge on any atom is -0.497 e. The van der Waals surface area contributed by atoms with Crippen LogP contribution in [0.3, 0.4) is 0 Å². The highest BCUT2D eigenvalue weighted by molar-refractivity contribution is 9.10. The molecule has 3 rings (SSSR count). The number of oxazole rings is 1. The predicted octanol–water partition coefficient (Wildman–Crippen LogP) is 4.11. The van der Waals surface area contributed by atoms with Crippen molar-refractivity contribution in [3.05, 3.63) is 64.2 Å². The van der Waals surface area contributed by atoms with Crippen molar-refractivity contribution in [2.45, 2.75) is 6.42 Å². The van der Waals surface area contributed by atoms with E-state index < -0.39 is 23.1 Å². The molecular formula is C19H15BrF2N2O4. The smallest absolute Gasteiger partial charge is 0.254 e. The number of carbonyl (C=O) groups is 1. The van der Waals surface area contributed by atoms with Crippen LogP contribution in [0.25, 0.3) is 11.3 Å². The van der Waals surface area contributed by atoms with E-state index >= 15 is 0 Å². The largest absolute Gasteiger partial charge is 0.497 e. The van der Waals surface area contributed by atoms with Crippen LogP contribution in [-0.4, -0.2) is 24.6 Å². The van der Waals surface area contributed by atoms with Crippen molar-refractivity contribution in [1.82, 2.24) is 4.98 Å². The number of carbonyl (C=O) groups excluding carboxylic acids is 1. The monoisotopic (exact) mass is 452 g/mol. The van der Waals surface area contributed by atoms with Crippen LogP contribution in [0.5, 0.6) is 11.5 Å². The van der Waals surface area contributed by atoms with Crippen LogP contribution in [0.4, 0.5) is 8.78 Å². The number of nitrogens with two attached hydrogens (primary N) is 1. The van der Waals surface area contributed by atoms with E-state index in [4.69, 9.17) is 19.6 Å². The zero-order chi connectivity index (χ0) is 20.3. The molecule has 0 radical (unpaired) electrons. The lowest BCUT2D eigenvalue weighted by molar-refractivity contribution is 0.0991. The molecule has 6 nitrogen and oxygen atoms in total. The minimum atomic E-state index is -1.21. The second kappa shape index (κ2) is 8.39. The van der Waals surface area contributed by atoms with E-state index in [2.05, 4.69) is 20.9 Å². The lowest BCUT2D eigenvalue weighted by Crippen LogP contribution is -2.16. The molecule has 2 aromatic carbocycles. The first-order valence-electron chi connectivity index (χ1n) is 8.11. The molecule has 0 aliphatic rings. The number of halogens is 3. The Balaban J connectivity index is 1.69. The normalized spacial score (nSPS) is 10.7. The minimum absolute atomic E-state index is 0.00421. The number of methoxy groups -OCH3 is 1. The molecule has 0 aliphatic carbocycles. The second-order valence-electron chi connectivity index (χ2n) is 5.66. The standard InChI is InChI=1S/C19H15BrF2N2O4/c1-26-11-4-2-10(3-5-11)17-18(20)28-14(24-17)8-9-27-13-7-6-12(21)15(16(13)22)19(23)25/h2-7H,8-9H2,1H3,(H2,23,25). The van der Waals surface area contributed by atoms with Crippen molar-refractivity contribution in [3.8, 4) is 22.8 Å². The molecule has 1 aromatic heterocycles. The zero-order valence-electron chi connectivity index (χ0n) is 14.7. The molecule has 146 valence electrons. The van der Waals surface area contributed by atoms with E-state index in [1.807, 2.05) is 12.1 Å². The molecule has 0 spiro atoms. The topological polar surface area (TPSA) is 87.6 Å². The molecule has 0 bridgehead atoms. The fourth-order valence-corrected chi connectivity index (χ4v) is 3.00. The van der Waals surface area contributed by atoms with E-state index in [1.165, 1.54) is 0 Å². The van der Waals surface area contributed by atoms with Gasteiger partial charge in [-0.05, 0) is 52.3 Å². The summed E-state index contributed by atoms with van der Waals surface area (Å²) in [6.45, 7) is -0.00421. The van der Waals surface area contributed by atoms with Crippen LogP contribution >= 0.6 is 15.9 Å². The molecule has 9 heteroatoms. The Bertz CT molecular complexity index is 1010. The van der Waals surface area contributed by atoms with E-state index in [-0.39, 0.29) is 18.8 Å². The summed E-state index contributed by atoms with van der Waals surface area (Å²) in [6.07, 6.45) is 0.220. The van der Waals surface area contributed by atoms with Gasteiger partial charge in [0.1, 0.15) is 22.8 Å². The van der Waals surface area contributed by atoms with Gasteiger partial charge in [0.15, 0.2) is 22.1 Å². The van der Waals surface area contributed by atoms with Crippen LogP contribution in [0, 0.1) is 11.6 Å². The van der Waals surface area contributed by atoms with Gasteiger partial charge in [-0.2, -0.15) is 0 Å². The third-order valence-corrected chi connectivity index (χ3v) is 4.41. The Hall–Kier alpha value is -2.94. The average molecular weight is 453 g/mol. The van der Waals surface area contributed by atoms with Gasteiger partial charge in [-0.25, -0.2) is 13.8 Å². The van der Waals surface area contributed by atoms with Crippen LogP contribution < -0.4 is 15.2 Å². The van der Waals surface area contributed by atoms with Gasteiger partial charge in [-0.15, -0.1) is 0 Å². The number of aromatic nitrogens is 1. The van der Waals surface area contributed by atoms with E-state index in [0.29, 0.717) is 22.0 Å². The molecule has 1 heterocycles. The van der Waals surface area contributed by atoms with Crippen molar-refractivity contribution < 1.29 is 27.5 Å². The van der Waals surface area contributed by atoms with Crippen molar-refractivity contribution in [2.24, 2.45) is 5.73 Å². The molecular weight excluding hydrogens is 438 g/mol. The summed E-state index contributed by atoms with van der Waals surface area (Å²) in [6, 6.07) is 9.27. The Kier molecular flexibility index (Phi) is 5.93. The van der Waals surface area contributed by atoms with E-state index in [9.17, 15) is 13.6 Å². The Morgan fingerprint density at radius 2 is 1.93 bits per heavy atom. The third kappa shape index (κ3) is 4.14. The first-order chi connectivity index (χ1) is 13.4. The Morgan fingerprint density at radius 3 is 2.57 bits per heavy atom. The molecule has 0 atom stereocenters. The zero-order valence-corrected chi connectivity index (χ0v) is 16.3. The average Bonchev–Trinajstić information content (AvgIpc) is 3.04. The van der Waals surface area contributed by atoms with Crippen LogP contribution in [0.1, 0.15) is 16.2 Å². The maximum Gasteiger partial charge on any atom is 0.254 e. The number of rotatable bonds is 7. The molecule has 3 aromatic rings. The van der Waals surface area contributed by atoms with Gasteiger partial charge < -0.3 is 19.6 Å². The van der Waals surface area contributed by atoms with Crippen molar-refractivity contribution in [2.75, 3.05) is 13.7 Å². The third-order valence-electron chi connectivity index (χ3n) is 3.87. The molecule has 0 saturated heterocycles. The number of nitrogens with zero attached hydrogens (tertiary/aromatic N) is 1. The lowest BCUT2D eigenvalue weighted by Gasteiger charge is -2.08. The van der Waals surface area contributed by atoms with E-state index in [1.54, 1.807) is 19.2 Å². The first kappa shape index (κ1) is 19.8. The van der Waals surface area contributed by atoms with Crippen LogP contribution in [0.2, 0.25) is 0 Å². The Morgan fingerprint density at radius 1 is 1.21 bits per heavy atom. The number of primary amides is 1. The fraction of sp³-hybridized carbons (Fsp3) is 0.158. The van der Waals surface area contributed by atoms with Gasteiger partial charge in [0, 0.05) is 5.56 Å². The molecule has 0 aliphatic heterocycles. The van der Waals surface area contributed by atoms with Gasteiger partial charge in [0.05, 0.1) is 20.1 Å². The number of benzene rings is 2. The summed E-state index contributed by atoms with van der Waals surface area (Å²) in [7, 11) is 1.58. The highest BCUT2D eigenvalue weighted by Gasteiger charge is 2.19. The van der Waals surface area contributed by atoms with Gasteiger partial charge in [-0.3, -0.25) is 4.79 Å². The molecule has 0 fully saturated rings. The van der Waals surface area contributed by atoms with Crippen molar-refractivity contribution in [1.29, 1.82) is 0 Å². The highest BCUT2D eigenvalue weighted by Crippen LogP contribution is 2.30. The van der Waals surface area contributed by atoms with Gasteiger partial charge >= 0.3 is 0 Å². The quantitative estimate of drug-likeness (QED) is 0.582. The first-order valence-corrected chi connectivity index (χ1v) is 8.90. The van der Waals surface area contributed by atoms with E-state index in [0.717, 1.165) is 17.7 Å². The summed E-state index contributed by atoms with van der Waals surface area (Å²) < 4.78 is 44.0. The van der Waals surface area contributed by atoms with Crippen LogP contribution in [-0.2, 0) is 6.42 Å². The summed E-state index contributed by atoms with van der Waals surface area (Å²) in [5.74, 6) is -2.60. The number of ether oxygens (including phenoxy) is 2. The molecule has 0 saturated carbocycles.